The highest BCUT2D eigenvalue weighted by atomic mass is 35.5. The molecule has 0 aliphatic heterocycles. The monoisotopic (exact) mass is 575 g/mol. The lowest BCUT2D eigenvalue weighted by atomic mass is 9.80. The van der Waals surface area contributed by atoms with Gasteiger partial charge in [-0.05, 0) is 48.7 Å². The summed E-state index contributed by atoms with van der Waals surface area (Å²) in [4.78, 5) is 51.4. The highest BCUT2D eigenvalue weighted by molar-refractivity contribution is 6.31. The van der Waals surface area contributed by atoms with E-state index in [1.54, 1.807) is 18.2 Å². The molecule has 0 spiro atoms. The zero-order chi connectivity index (χ0) is 29.4. The molecule has 41 heavy (non-hydrogen) atoms. The Kier molecular flexibility index (Phi) is 7.43. The van der Waals surface area contributed by atoms with E-state index in [0.717, 1.165) is 28.6 Å². The number of rotatable bonds is 7. The number of anilines is 1. The number of methoxy groups -OCH3 is 1. The van der Waals surface area contributed by atoms with Crippen LogP contribution in [0.25, 0.3) is 22.0 Å². The fourth-order valence-electron chi connectivity index (χ4n) is 5.22. The quantitative estimate of drug-likeness (QED) is 0.327. The normalized spacial score (nSPS) is 13.8. The molecule has 1 atom stereocenters. The van der Waals surface area contributed by atoms with Crippen molar-refractivity contribution in [2.24, 2.45) is 13.0 Å². The molecular formula is C29H26ClN5O6. The van der Waals surface area contributed by atoms with Gasteiger partial charge in [-0.25, -0.2) is 9.48 Å². The molecule has 2 heterocycles. The van der Waals surface area contributed by atoms with Crippen molar-refractivity contribution in [3.63, 3.8) is 0 Å². The summed E-state index contributed by atoms with van der Waals surface area (Å²) in [6.07, 6.45) is 3.43. The number of nitriles is 1. The number of carbonyl (C=O) groups is 2. The summed E-state index contributed by atoms with van der Waals surface area (Å²) >= 11 is 6.17. The van der Waals surface area contributed by atoms with Gasteiger partial charge in [0.15, 0.2) is 0 Å². The van der Waals surface area contributed by atoms with Gasteiger partial charge in [-0.3, -0.25) is 19.0 Å². The molecular weight excluding hydrogens is 550 g/mol. The molecule has 2 N–H and O–H groups in total. The summed E-state index contributed by atoms with van der Waals surface area (Å²) in [5.74, 6) is 0.0509. The molecule has 12 heteroatoms. The number of nitrogens with zero attached hydrogens (tertiary/aromatic N) is 4. The fraction of sp³-hybridized carbons (Fsp3) is 0.276. The van der Waals surface area contributed by atoms with Crippen molar-refractivity contribution < 1.29 is 19.4 Å². The first-order chi connectivity index (χ1) is 19.6. The second-order valence-electron chi connectivity index (χ2n) is 10.00. The maximum absolute atomic E-state index is 13.7. The van der Waals surface area contributed by atoms with Crippen LogP contribution in [-0.4, -0.2) is 38.1 Å². The molecule has 11 nitrogen and oxygen atoms in total. The average molecular weight is 576 g/mol. The van der Waals surface area contributed by atoms with Gasteiger partial charge in [0.2, 0.25) is 5.91 Å². The van der Waals surface area contributed by atoms with Crippen molar-refractivity contribution in [2.75, 3.05) is 12.4 Å². The Morgan fingerprint density at radius 2 is 1.93 bits per heavy atom. The third kappa shape index (κ3) is 5.10. The zero-order valence-electron chi connectivity index (χ0n) is 22.3. The van der Waals surface area contributed by atoms with Crippen molar-refractivity contribution in [2.45, 2.75) is 31.7 Å². The van der Waals surface area contributed by atoms with Crippen molar-refractivity contribution in [3.05, 3.63) is 80.0 Å². The molecule has 1 fully saturated rings. The number of amides is 1. The molecule has 1 aliphatic carbocycles. The van der Waals surface area contributed by atoms with Crippen LogP contribution in [0.3, 0.4) is 0 Å². The number of halogens is 1. The minimum atomic E-state index is -1.34. The largest absolute Gasteiger partial charge is 0.495 e. The predicted molar refractivity (Wildman–Crippen MR) is 153 cm³/mol. The van der Waals surface area contributed by atoms with Crippen LogP contribution in [0.15, 0.2) is 58.3 Å². The number of nitrogens with one attached hydrogen (secondary N) is 1. The van der Waals surface area contributed by atoms with Gasteiger partial charge >= 0.3 is 6.09 Å². The molecule has 0 radical (unpaired) electrons. The summed E-state index contributed by atoms with van der Waals surface area (Å²) in [5, 5.41) is 22.6. The standard InChI is InChI=1S/C29H26ClN5O6/c1-33-28(38)20-9-8-19(12-23(20)35(33)29(39)40)32-27(37)24(10-16-4-3-5-16)34-15-25(41-2)22(13-26(34)36)21-11-18(30)7-6-17(21)14-31/h6-9,11-13,15-16,24H,3-5,10H2,1-2H3,(H,32,37)(H,39,40). The lowest BCUT2D eigenvalue weighted by Gasteiger charge is -2.30. The molecule has 2 aromatic heterocycles. The highest BCUT2D eigenvalue weighted by Crippen LogP contribution is 2.37. The van der Waals surface area contributed by atoms with Gasteiger partial charge in [-0.2, -0.15) is 9.94 Å². The highest BCUT2D eigenvalue weighted by Gasteiger charge is 2.30. The summed E-state index contributed by atoms with van der Waals surface area (Å²) in [6, 6.07) is 11.6. The Morgan fingerprint density at radius 1 is 1.17 bits per heavy atom. The molecule has 1 saturated carbocycles. The molecule has 5 rings (SSSR count). The van der Waals surface area contributed by atoms with Gasteiger partial charge < -0.3 is 15.2 Å². The van der Waals surface area contributed by atoms with E-state index >= 15 is 0 Å². The van der Waals surface area contributed by atoms with Crippen molar-refractivity contribution in [1.82, 2.24) is 13.9 Å². The summed E-state index contributed by atoms with van der Waals surface area (Å²) < 4.78 is 8.69. The Hall–Kier alpha value is -4.82. The Labute approximate surface area is 238 Å². The molecule has 1 unspecified atom stereocenters. The van der Waals surface area contributed by atoms with Gasteiger partial charge in [0.05, 0.1) is 35.8 Å². The molecule has 1 aliphatic rings. The third-order valence-corrected chi connectivity index (χ3v) is 7.81. The van der Waals surface area contributed by atoms with Gasteiger partial charge in [-0.1, -0.05) is 30.9 Å². The first kappa shape index (κ1) is 27.7. The van der Waals surface area contributed by atoms with E-state index in [2.05, 4.69) is 11.4 Å². The maximum Gasteiger partial charge on any atom is 0.431 e. The van der Waals surface area contributed by atoms with Crippen LogP contribution >= 0.6 is 11.6 Å². The summed E-state index contributed by atoms with van der Waals surface area (Å²) in [7, 11) is 2.78. The van der Waals surface area contributed by atoms with Crippen LogP contribution in [0.4, 0.5) is 10.5 Å². The predicted octanol–water partition coefficient (Wildman–Crippen LogP) is 4.60. The molecule has 0 bridgehead atoms. The minimum Gasteiger partial charge on any atom is -0.495 e. The molecule has 4 aromatic rings. The molecule has 210 valence electrons. The number of ether oxygens (including phenoxy) is 1. The smallest absolute Gasteiger partial charge is 0.431 e. The average Bonchev–Trinajstić information content (AvgIpc) is 3.17. The Balaban J connectivity index is 1.55. The number of pyridine rings is 1. The van der Waals surface area contributed by atoms with Crippen LogP contribution in [0.2, 0.25) is 5.02 Å². The van der Waals surface area contributed by atoms with Crippen LogP contribution in [0, 0.1) is 17.2 Å². The number of hydrogen-bond donors (Lipinski definition) is 2. The van der Waals surface area contributed by atoms with E-state index in [4.69, 9.17) is 16.3 Å². The topological polar surface area (TPSA) is 148 Å². The number of hydrogen-bond acceptors (Lipinski definition) is 6. The van der Waals surface area contributed by atoms with Crippen LogP contribution < -0.4 is 21.2 Å². The SMILES string of the molecule is COc1cn(C(CC2CCC2)C(=O)Nc2ccc3c(=O)n(C)n(C(=O)O)c3c2)c(=O)cc1-c1cc(Cl)ccc1C#N. The lowest BCUT2D eigenvalue weighted by molar-refractivity contribution is -0.120. The van der Waals surface area contributed by atoms with E-state index in [-0.39, 0.29) is 28.3 Å². The Morgan fingerprint density at radius 3 is 2.56 bits per heavy atom. The molecule has 0 saturated heterocycles. The molecule has 2 aromatic carbocycles. The van der Waals surface area contributed by atoms with E-state index in [9.17, 15) is 29.5 Å². The van der Waals surface area contributed by atoms with Crippen molar-refractivity contribution in [3.8, 4) is 22.9 Å². The van der Waals surface area contributed by atoms with Crippen LogP contribution in [0.1, 0.15) is 37.3 Å². The van der Waals surface area contributed by atoms with E-state index in [1.807, 2.05) is 0 Å². The first-order valence-corrected chi connectivity index (χ1v) is 13.3. The maximum atomic E-state index is 13.7. The Bertz CT molecular complexity index is 1860. The number of benzene rings is 2. The van der Waals surface area contributed by atoms with Gasteiger partial charge in [0.1, 0.15) is 11.8 Å². The van der Waals surface area contributed by atoms with E-state index in [1.165, 1.54) is 49.2 Å². The van der Waals surface area contributed by atoms with Gasteiger partial charge in [0, 0.05) is 35.0 Å². The summed E-state index contributed by atoms with van der Waals surface area (Å²) in [5.41, 5.74) is 0.555. The summed E-state index contributed by atoms with van der Waals surface area (Å²) in [6.45, 7) is 0. The van der Waals surface area contributed by atoms with E-state index in [0.29, 0.717) is 28.1 Å². The van der Waals surface area contributed by atoms with E-state index < -0.39 is 29.2 Å². The van der Waals surface area contributed by atoms with Gasteiger partial charge in [-0.15, -0.1) is 0 Å². The number of carbonyl (C=O) groups excluding carboxylic acids is 1. The minimum absolute atomic E-state index is 0.122. The zero-order valence-corrected chi connectivity index (χ0v) is 23.0. The molecule has 1 amide bonds. The van der Waals surface area contributed by atoms with Gasteiger partial charge in [0.25, 0.3) is 11.1 Å². The fourth-order valence-corrected chi connectivity index (χ4v) is 5.39. The van der Waals surface area contributed by atoms with Crippen LogP contribution in [0.5, 0.6) is 5.75 Å². The van der Waals surface area contributed by atoms with Crippen molar-refractivity contribution in [1.29, 1.82) is 5.26 Å². The number of fused-ring (bicyclic) bond motifs is 1. The van der Waals surface area contributed by atoms with Crippen LogP contribution in [-0.2, 0) is 11.8 Å². The van der Waals surface area contributed by atoms with Crippen molar-refractivity contribution >= 4 is 40.2 Å². The third-order valence-electron chi connectivity index (χ3n) is 7.57. The number of carboxylic acid groups (broad SMARTS) is 1. The first-order valence-electron chi connectivity index (χ1n) is 12.9. The second kappa shape index (κ2) is 11.0. The second-order valence-corrected chi connectivity index (χ2v) is 10.4. The number of aromatic nitrogens is 3. The lowest BCUT2D eigenvalue weighted by Crippen LogP contribution is -2.35.